The number of hydrogen-bond donors (Lipinski definition) is 1. The van der Waals surface area contributed by atoms with Crippen molar-refractivity contribution in [2.45, 2.75) is 44.6 Å². The van der Waals surface area contributed by atoms with Crippen molar-refractivity contribution >= 4 is 17.2 Å². The van der Waals surface area contributed by atoms with Gasteiger partial charge in [-0.25, -0.2) is 0 Å². The Balaban J connectivity index is 1.45. The molecule has 0 radical (unpaired) electrons. The number of nitrogens with zero attached hydrogens (tertiary/aromatic N) is 2. The number of hydrogen-bond acceptors (Lipinski definition) is 5. The fourth-order valence-electron chi connectivity index (χ4n) is 4.16. The van der Waals surface area contributed by atoms with Crippen molar-refractivity contribution in [1.29, 1.82) is 0 Å². The number of anilines is 1. The molecule has 3 aliphatic rings. The minimum absolute atomic E-state index is 0.243. The highest BCUT2D eigenvalue weighted by Crippen LogP contribution is 2.38. The first-order valence-electron chi connectivity index (χ1n) is 9.13. The van der Waals surface area contributed by atoms with Crippen LogP contribution in [-0.2, 0) is 4.79 Å². The molecule has 0 aromatic heterocycles. The van der Waals surface area contributed by atoms with E-state index in [-0.39, 0.29) is 5.78 Å². The van der Waals surface area contributed by atoms with E-state index in [2.05, 4.69) is 39.5 Å². The molecule has 1 aromatic carbocycles. The van der Waals surface area contributed by atoms with Crippen LogP contribution in [0.3, 0.4) is 0 Å². The van der Waals surface area contributed by atoms with E-state index in [0.29, 0.717) is 25.2 Å². The number of ether oxygens (including phenoxy) is 1. The average molecular weight is 339 g/mol. The van der Waals surface area contributed by atoms with E-state index in [1.165, 1.54) is 11.3 Å². The van der Waals surface area contributed by atoms with Gasteiger partial charge in [0.1, 0.15) is 11.5 Å². The van der Waals surface area contributed by atoms with Crippen LogP contribution in [0.4, 0.5) is 5.69 Å². The number of rotatable bonds is 6. The maximum absolute atomic E-state index is 11.7. The van der Waals surface area contributed by atoms with Crippen LogP contribution in [0.1, 0.15) is 44.1 Å². The highest BCUT2D eigenvalue weighted by Gasteiger charge is 2.33. The first-order valence-corrected chi connectivity index (χ1v) is 9.13. The van der Waals surface area contributed by atoms with E-state index in [9.17, 15) is 4.79 Å². The maximum Gasteiger partial charge on any atom is 0.159 e. The molecule has 3 heterocycles. The van der Waals surface area contributed by atoms with Gasteiger partial charge in [0, 0.05) is 30.9 Å². The summed E-state index contributed by atoms with van der Waals surface area (Å²) in [6, 6.07) is 6.92. The largest absolute Gasteiger partial charge is 0.471 e. The van der Waals surface area contributed by atoms with Crippen LogP contribution in [0.25, 0.3) is 0 Å². The van der Waals surface area contributed by atoms with Gasteiger partial charge in [0.15, 0.2) is 6.73 Å². The number of fused-ring (bicyclic) bond motifs is 1. The number of Topliss-reactive ketones (excluding diaryl/α,β-unsaturated/α-hetero) is 1. The third-order valence-corrected chi connectivity index (χ3v) is 5.40. The summed E-state index contributed by atoms with van der Waals surface area (Å²) >= 11 is 0. The van der Waals surface area contributed by atoms with Gasteiger partial charge in [0.25, 0.3) is 0 Å². The molecule has 0 bridgehead atoms. The lowest BCUT2D eigenvalue weighted by Gasteiger charge is -2.23. The van der Waals surface area contributed by atoms with Gasteiger partial charge < -0.3 is 10.1 Å². The summed E-state index contributed by atoms with van der Waals surface area (Å²) in [5.74, 6) is 1.65. The Morgan fingerprint density at radius 1 is 1.44 bits per heavy atom. The Hall–Kier alpha value is -2.14. The topological polar surface area (TPSA) is 53.9 Å². The third kappa shape index (κ3) is 3.61. The summed E-state index contributed by atoms with van der Waals surface area (Å²) in [4.78, 5) is 18.5. The van der Waals surface area contributed by atoms with Gasteiger partial charge in [0.2, 0.25) is 0 Å². The van der Waals surface area contributed by atoms with Crippen LogP contribution in [0.15, 0.2) is 35.5 Å². The molecule has 1 N–H and O–H groups in total. The molecule has 5 nitrogen and oxygen atoms in total. The fraction of sp³-hybridized carbons (Fsp3) is 0.500. The minimum atomic E-state index is 0.243. The lowest BCUT2D eigenvalue weighted by Crippen LogP contribution is -2.34. The average Bonchev–Trinajstić information content (AvgIpc) is 3.32. The van der Waals surface area contributed by atoms with Crippen LogP contribution >= 0.6 is 0 Å². The molecule has 0 saturated carbocycles. The Morgan fingerprint density at radius 3 is 3.16 bits per heavy atom. The van der Waals surface area contributed by atoms with Gasteiger partial charge >= 0.3 is 0 Å². The summed E-state index contributed by atoms with van der Waals surface area (Å²) in [6.07, 6.45) is 8.19. The van der Waals surface area contributed by atoms with Crippen molar-refractivity contribution in [3.8, 4) is 5.75 Å². The standard InChI is InChI=1S/C20H25N3O2/c1-14(24)11-23-12-16(9-18(23)6-5-17-3-2-8-21-17)15-4-7-19-20(10-15)25-13-22-19/h2,4,7-8,10,16,18,22H,3,5-6,9,11-13H2,1H3. The molecule has 0 spiro atoms. The predicted molar refractivity (Wildman–Crippen MR) is 99.4 cm³/mol. The van der Waals surface area contributed by atoms with Gasteiger partial charge in [0.05, 0.1) is 12.2 Å². The zero-order chi connectivity index (χ0) is 17.2. The zero-order valence-electron chi connectivity index (χ0n) is 14.7. The van der Waals surface area contributed by atoms with Gasteiger partial charge in [-0.05, 0) is 49.8 Å². The first-order chi connectivity index (χ1) is 12.2. The van der Waals surface area contributed by atoms with E-state index in [0.717, 1.165) is 43.7 Å². The maximum atomic E-state index is 11.7. The zero-order valence-corrected chi connectivity index (χ0v) is 14.7. The summed E-state index contributed by atoms with van der Waals surface area (Å²) in [5.41, 5.74) is 3.66. The van der Waals surface area contributed by atoms with Crippen LogP contribution in [-0.4, -0.2) is 42.3 Å². The Labute approximate surface area is 148 Å². The highest BCUT2D eigenvalue weighted by molar-refractivity contribution is 5.88. The number of allylic oxidation sites excluding steroid dienone is 1. The van der Waals surface area contributed by atoms with Gasteiger partial charge in [-0.2, -0.15) is 0 Å². The summed E-state index contributed by atoms with van der Waals surface area (Å²) in [5, 5.41) is 3.22. The van der Waals surface area contributed by atoms with Crippen LogP contribution in [0, 0.1) is 0 Å². The van der Waals surface area contributed by atoms with Crippen molar-refractivity contribution in [2.24, 2.45) is 4.99 Å². The molecule has 1 saturated heterocycles. The summed E-state index contributed by atoms with van der Waals surface area (Å²) in [7, 11) is 0. The Morgan fingerprint density at radius 2 is 2.36 bits per heavy atom. The number of carbonyl (C=O) groups is 1. The van der Waals surface area contributed by atoms with Crippen molar-refractivity contribution in [1.82, 2.24) is 4.90 Å². The number of carbonyl (C=O) groups excluding carboxylic acids is 1. The number of likely N-dealkylation sites (tertiary alicyclic amines) is 1. The molecular weight excluding hydrogens is 314 g/mol. The summed E-state index contributed by atoms with van der Waals surface area (Å²) < 4.78 is 5.63. The second kappa shape index (κ2) is 7.00. The molecule has 2 unspecified atom stereocenters. The molecule has 1 aromatic rings. The van der Waals surface area contributed by atoms with Crippen LogP contribution in [0.5, 0.6) is 5.75 Å². The Kier molecular flexibility index (Phi) is 4.57. The molecule has 1 fully saturated rings. The number of nitrogens with one attached hydrogen (secondary N) is 1. The number of ketones is 1. The lowest BCUT2D eigenvalue weighted by molar-refractivity contribution is -0.118. The molecule has 4 rings (SSSR count). The second-order valence-corrected chi connectivity index (χ2v) is 7.26. The normalized spacial score (nSPS) is 24.8. The number of benzene rings is 1. The minimum Gasteiger partial charge on any atom is -0.471 e. The fourth-order valence-corrected chi connectivity index (χ4v) is 4.16. The monoisotopic (exact) mass is 339 g/mol. The van der Waals surface area contributed by atoms with Crippen molar-refractivity contribution in [2.75, 3.05) is 25.1 Å². The molecule has 5 heteroatoms. The molecular formula is C20H25N3O2. The Bertz CT molecular complexity index is 726. The van der Waals surface area contributed by atoms with E-state index in [1.807, 2.05) is 6.20 Å². The van der Waals surface area contributed by atoms with E-state index in [4.69, 9.17) is 4.74 Å². The van der Waals surface area contributed by atoms with Gasteiger partial charge in [-0.3, -0.25) is 14.7 Å². The van der Waals surface area contributed by atoms with Gasteiger partial charge in [-0.1, -0.05) is 12.1 Å². The SMILES string of the molecule is CC(=O)CN1CC(c2ccc3c(c2)OCN3)CC1CCC1=NC=CC1. The molecule has 2 atom stereocenters. The van der Waals surface area contributed by atoms with Crippen molar-refractivity contribution in [3.63, 3.8) is 0 Å². The third-order valence-electron chi connectivity index (χ3n) is 5.40. The van der Waals surface area contributed by atoms with Crippen molar-refractivity contribution in [3.05, 3.63) is 36.0 Å². The van der Waals surface area contributed by atoms with Crippen LogP contribution < -0.4 is 10.1 Å². The lowest BCUT2D eigenvalue weighted by atomic mass is 9.94. The molecule has 25 heavy (non-hydrogen) atoms. The van der Waals surface area contributed by atoms with E-state index >= 15 is 0 Å². The molecule has 0 aliphatic carbocycles. The second-order valence-electron chi connectivity index (χ2n) is 7.26. The summed E-state index contributed by atoms with van der Waals surface area (Å²) in [6.45, 7) is 3.74. The smallest absolute Gasteiger partial charge is 0.159 e. The van der Waals surface area contributed by atoms with E-state index in [1.54, 1.807) is 6.92 Å². The molecule has 3 aliphatic heterocycles. The van der Waals surface area contributed by atoms with Crippen molar-refractivity contribution < 1.29 is 9.53 Å². The quantitative estimate of drug-likeness (QED) is 0.864. The van der Waals surface area contributed by atoms with Crippen LogP contribution in [0.2, 0.25) is 0 Å². The van der Waals surface area contributed by atoms with E-state index < -0.39 is 0 Å². The molecule has 0 amide bonds. The first kappa shape index (κ1) is 16.3. The highest BCUT2D eigenvalue weighted by atomic mass is 16.5. The number of aliphatic imine (C=N–C) groups is 1. The predicted octanol–water partition coefficient (Wildman–Crippen LogP) is 3.33. The van der Waals surface area contributed by atoms with Gasteiger partial charge in [-0.15, -0.1) is 0 Å². The molecule has 132 valence electrons.